The second-order valence-electron chi connectivity index (χ2n) is 3.91. The topological polar surface area (TPSA) is 121 Å². The third kappa shape index (κ3) is 10.4. The molecule has 0 aromatic carbocycles. The quantitative estimate of drug-likeness (QED) is 0.418. The first kappa shape index (κ1) is 19.5. The molecule has 0 heterocycles. The summed E-state index contributed by atoms with van der Waals surface area (Å²) in [7, 11) is 0. The molecule has 0 amide bonds. The van der Waals surface area contributed by atoms with E-state index in [1.54, 1.807) is 0 Å². The largest absolute Gasteiger partial charge is 0.481 e. The normalized spacial score (nSPS) is 13.1. The number of thiol groups is 1. The Morgan fingerprint density at radius 2 is 1.83 bits per heavy atom. The summed E-state index contributed by atoms with van der Waals surface area (Å²) in [6.45, 7) is 1.69. The van der Waals surface area contributed by atoms with Crippen molar-refractivity contribution in [1.29, 1.82) is 0 Å². The van der Waals surface area contributed by atoms with E-state index in [9.17, 15) is 9.59 Å². The zero-order valence-electron chi connectivity index (χ0n) is 10.6. The first-order chi connectivity index (χ1) is 8.33. The van der Waals surface area contributed by atoms with Crippen molar-refractivity contribution in [3.8, 4) is 0 Å². The molecule has 0 aromatic rings. The molecule has 5 N–H and O–H groups in total. The van der Waals surface area contributed by atoms with Crippen LogP contribution in [0.2, 0.25) is 0 Å². The second-order valence-corrected chi connectivity index (χ2v) is 4.35. The van der Waals surface area contributed by atoms with Gasteiger partial charge in [-0.2, -0.15) is 12.6 Å². The van der Waals surface area contributed by atoms with E-state index in [0.29, 0.717) is 25.0 Å². The van der Waals surface area contributed by atoms with Crippen LogP contribution < -0.4 is 5.73 Å². The predicted octanol–water partition coefficient (Wildman–Crippen LogP) is 0.732. The monoisotopic (exact) mass is 281 g/mol. The molecule has 0 bridgehead atoms. The first-order valence-corrected chi connectivity index (χ1v) is 6.43. The number of aliphatic carboxylic acids is 2. The van der Waals surface area contributed by atoms with Gasteiger partial charge in [-0.1, -0.05) is 13.3 Å². The Bertz CT molecular complexity index is 242. The maximum Gasteiger partial charge on any atom is 0.323 e. The van der Waals surface area contributed by atoms with E-state index in [4.69, 9.17) is 21.1 Å². The van der Waals surface area contributed by atoms with E-state index >= 15 is 0 Å². The second kappa shape index (κ2) is 11.3. The van der Waals surface area contributed by atoms with E-state index in [2.05, 4.69) is 12.6 Å². The predicted molar refractivity (Wildman–Crippen MR) is 71.9 cm³/mol. The fourth-order valence-electron chi connectivity index (χ4n) is 1.21. The Hall–Kier alpha value is -0.790. The highest BCUT2D eigenvalue weighted by molar-refractivity contribution is 7.80. The van der Waals surface area contributed by atoms with Crippen molar-refractivity contribution in [2.24, 2.45) is 5.73 Å². The lowest BCUT2D eigenvalue weighted by molar-refractivity contribution is -0.144. The van der Waals surface area contributed by atoms with Crippen LogP contribution in [0.25, 0.3) is 0 Å². The van der Waals surface area contributed by atoms with Crippen LogP contribution in [0.5, 0.6) is 0 Å². The summed E-state index contributed by atoms with van der Waals surface area (Å²) in [4.78, 5) is 20.3. The van der Waals surface area contributed by atoms with Crippen LogP contribution in [0.3, 0.4) is 0 Å². The van der Waals surface area contributed by atoms with Gasteiger partial charge in [-0.15, -0.1) is 0 Å². The number of hydrogen-bond acceptors (Lipinski definition) is 5. The summed E-state index contributed by atoms with van der Waals surface area (Å²) >= 11 is 3.83. The van der Waals surface area contributed by atoms with Crippen molar-refractivity contribution >= 4 is 24.6 Å². The van der Waals surface area contributed by atoms with Crippen LogP contribution in [0.15, 0.2) is 0 Å². The first-order valence-electron chi connectivity index (χ1n) is 5.79. The minimum Gasteiger partial charge on any atom is -0.481 e. The van der Waals surface area contributed by atoms with Crippen LogP contribution in [-0.4, -0.2) is 45.2 Å². The van der Waals surface area contributed by atoms with Gasteiger partial charge in [-0.25, -0.2) is 0 Å². The van der Waals surface area contributed by atoms with E-state index in [1.807, 2.05) is 6.92 Å². The molecule has 0 aliphatic rings. The molecular formula is C11H23NO5S. The standard InChI is InChI=1S/C7H15NO3.C4H8O2S/c1-2-3-7(8,4-5-9)6(10)11;5-4(6)2-1-3-7/h9H,2-5,8H2,1H3,(H,10,11);7H,1-3H2,(H,5,6). The van der Waals surface area contributed by atoms with Crippen molar-refractivity contribution in [2.75, 3.05) is 12.4 Å². The number of carboxylic acids is 2. The van der Waals surface area contributed by atoms with Crippen molar-refractivity contribution in [2.45, 2.75) is 44.6 Å². The van der Waals surface area contributed by atoms with Crippen LogP contribution in [0, 0.1) is 0 Å². The minimum absolute atomic E-state index is 0.121. The Kier molecular flexibility index (Phi) is 12.3. The molecule has 0 aliphatic carbocycles. The molecule has 0 saturated heterocycles. The van der Waals surface area contributed by atoms with E-state index < -0.39 is 17.5 Å². The fourth-order valence-corrected chi connectivity index (χ4v) is 1.37. The summed E-state index contributed by atoms with van der Waals surface area (Å²) < 4.78 is 0. The molecule has 18 heavy (non-hydrogen) atoms. The molecule has 1 atom stereocenters. The Labute approximate surface area is 113 Å². The molecule has 0 rings (SSSR count). The summed E-state index contributed by atoms with van der Waals surface area (Å²) in [5.74, 6) is -1.12. The van der Waals surface area contributed by atoms with Crippen molar-refractivity contribution in [3.63, 3.8) is 0 Å². The maximum atomic E-state index is 10.6. The number of rotatable bonds is 8. The number of aliphatic hydroxyl groups is 1. The van der Waals surface area contributed by atoms with Crippen molar-refractivity contribution < 1.29 is 24.9 Å². The molecule has 0 aliphatic heterocycles. The summed E-state index contributed by atoms with van der Waals surface area (Å²) in [6, 6.07) is 0. The zero-order chi connectivity index (χ0) is 14.6. The molecule has 0 aromatic heterocycles. The molecule has 0 saturated carbocycles. The molecule has 108 valence electrons. The van der Waals surface area contributed by atoms with E-state index in [1.165, 1.54) is 0 Å². The van der Waals surface area contributed by atoms with Gasteiger partial charge in [0.2, 0.25) is 0 Å². The Balaban J connectivity index is 0. The maximum absolute atomic E-state index is 10.6. The van der Waals surface area contributed by atoms with Gasteiger partial charge >= 0.3 is 11.9 Å². The molecule has 1 unspecified atom stereocenters. The number of hydrogen-bond donors (Lipinski definition) is 5. The lowest BCUT2D eigenvalue weighted by Crippen LogP contribution is -2.48. The Morgan fingerprint density at radius 3 is 2.06 bits per heavy atom. The van der Waals surface area contributed by atoms with Gasteiger partial charge in [-0.3, -0.25) is 9.59 Å². The van der Waals surface area contributed by atoms with Gasteiger partial charge in [0.15, 0.2) is 0 Å². The van der Waals surface area contributed by atoms with Crippen molar-refractivity contribution in [3.05, 3.63) is 0 Å². The molecular weight excluding hydrogens is 258 g/mol. The third-order valence-corrected chi connectivity index (χ3v) is 2.54. The number of carboxylic acid groups (broad SMARTS) is 2. The highest BCUT2D eigenvalue weighted by atomic mass is 32.1. The third-order valence-electron chi connectivity index (χ3n) is 2.23. The molecule has 0 radical (unpaired) electrons. The van der Waals surface area contributed by atoms with E-state index in [0.717, 1.165) is 0 Å². The zero-order valence-corrected chi connectivity index (χ0v) is 11.5. The molecule has 6 nitrogen and oxygen atoms in total. The van der Waals surface area contributed by atoms with Crippen LogP contribution in [0.4, 0.5) is 0 Å². The molecule has 0 fully saturated rings. The molecule has 7 heteroatoms. The van der Waals surface area contributed by atoms with Gasteiger partial charge in [0.25, 0.3) is 0 Å². The number of aliphatic hydroxyl groups excluding tert-OH is 1. The number of nitrogens with two attached hydrogens (primary N) is 1. The van der Waals surface area contributed by atoms with Gasteiger partial charge in [-0.05, 0) is 25.0 Å². The highest BCUT2D eigenvalue weighted by Gasteiger charge is 2.31. The Morgan fingerprint density at radius 1 is 1.28 bits per heavy atom. The average molecular weight is 281 g/mol. The van der Waals surface area contributed by atoms with Crippen LogP contribution in [0.1, 0.15) is 39.0 Å². The van der Waals surface area contributed by atoms with Gasteiger partial charge in [0.1, 0.15) is 5.54 Å². The average Bonchev–Trinajstić information content (AvgIpc) is 2.27. The van der Waals surface area contributed by atoms with Gasteiger partial charge in [0, 0.05) is 13.0 Å². The fraction of sp³-hybridized carbons (Fsp3) is 0.818. The van der Waals surface area contributed by atoms with Gasteiger partial charge in [0.05, 0.1) is 0 Å². The van der Waals surface area contributed by atoms with Crippen LogP contribution >= 0.6 is 12.6 Å². The highest BCUT2D eigenvalue weighted by Crippen LogP contribution is 2.13. The van der Waals surface area contributed by atoms with E-state index in [-0.39, 0.29) is 19.4 Å². The lowest BCUT2D eigenvalue weighted by Gasteiger charge is -2.22. The van der Waals surface area contributed by atoms with Gasteiger partial charge < -0.3 is 21.1 Å². The smallest absolute Gasteiger partial charge is 0.323 e. The SMILES string of the molecule is CCCC(N)(CCO)C(=O)O.O=C(O)CCCS. The lowest BCUT2D eigenvalue weighted by atomic mass is 9.92. The van der Waals surface area contributed by atoms with Crippen LogP contribution in [-0.2, 0) is 9.59 Å². The summed E-state index contributed by atoms with van der Waals surface area (Å²) in [5.41, 5.74) is 4.27. The van der Waals surface area contributed by atoms with Crippen molar-refractivity contribution in [1.82, 2.24) is 0 Å². The summed E-state index contributed by atoms with van der Waals surface area (Å²) in [5, 5.41) is 25.2. The summed E-state index contributed by atoms with van der Waals surface area (Å²) in [6.07, 6.45) is 2.14. The molecule has 0 spiro atoms. The minimum atomic E-state index is -1.23. The number of carbonyl (C=O) groups is 2.